The van der Waals surface area contributed by atoms with E-state index in [4.69, 9.17) is 33.2 Å². The number of carbonyl (C=O) groups is 8. The van der Waals surface area contributed by atoms with E-state index in [2.05, 4.69) is 14.8 Å². The topological polar surface area (TPSA) is 235 Å². The number of nitrogens with one attached hydrogen (secondary N) is 1. The van der Waals surface area contributed by atoms with E-state index < -0.39 is 80.0 Å². The van der Waals surface area contributed by atoms with Gasteiger partial charge in [0.05, 0.1) is 18.4 Å². The fraction of sp³-hybridized carbons (Fsp3) is 0.238. The average molecular weight is 841 g/mol. The third kappa shape index (κ3) is 9.51. The number of nitrogens with zero attached hydrogens (tertiary/aromatic N) is 1. The number of hydrogen-bond acceptors (Lipinski definition) is 18. The summed E-state index contributed by atoms with van der Waals surface area (Å²) in [6.45, 7) is 2.10. The largest absolute Gasteiger partial charge is 0.495 e. The fourth-order valence-corrected chi connectivity index (χ4v) is 6.49. The lowest BCUT2D eigenvalue weighted by molar-refractivity contribution is -0.165. The molecule has 2 aliphatic heterocycles. The lowest BCUT2D eigenvalue weighted by atomic mass is 9.77. The van der Waals surface area contributed by atoms with Crippen LogP contribution in [0, 0.1) is 0 Å². The molecule has 0 unspecified atom stereocenters. The van der Waals surface area contributed by atoms with Gasteiger partial charge in [-0.1, -0.05) is 0 Å². The molecule has 0 saturated heterocycles. The van der Waals surface area contributed by atoms with E-state index in [1.165, 1.54) is 86.5 Å². The van der Waals surface area contributed by atoms with Crippen molar-refractivity contribution in [1.82, 2.24) is 0 Å². The van der Waals surface area contributed by atoms with Gasteiger partial charge in [0.25, 0.3) is 5.91 Å². The molecule has 2 heterocycles. The summed E-state index contributed by atoms with van der Waals surface area (Å²) < 4.78 is 47.7. The molecule has 0 atom stereocenters. The van der Waals surface area contributed by atoms with Gasteiger partial charge in [0.1, 0.15) is 41.8 Å². The monoisotopic (exact) mass is 840 g/mol. The molecule has 1 spiro atoms. The van der Waals surface area contributed by atoms with Crippen molar-refractivity contribution in [2.45, 2.75) is 33.3 Å². The maximum Gasteiger partial charge on any atom is 0.340 e. The second-order valence-corrected chi connectivity index (χ2v) is 13.2. The van der Waals surface area contributed by atoms with Gasteiger partial charge in [-0.25, -0.2) is 4.79 Å². The van der Waals surface area contributed by atoms with Gasteiger partial charge in [-0.2, -0.15) is 0 Å². The molecule has 1 N–H and O–H groups in total. The van der Waals surface area contributed by atoms with Crippen LogP contribution in [0.5, 0.6) is 28.7 Å². The second kappa shape index (κ2) is 17.9. The first-order valence-corrected chi connectivity index (χ1v) is 18.1. The Morgan fingerprint density at radius 3 is 1.70 bits per heavy atom. The van der Waals surface area contributed by atoms with Crippen LogP contribution >= 0.6 is 0 Å². The smallest absolute Gasteiger partial charge is 0.340 e. The molecule has 0 bridgehead atoms. The van der Waals surface area contributed by atoms with Gasteiger partial charge in [-0.15, -0.1) is 0 Å². The van der Waals surface area contributed by atoms with Gasteiger partial charge in [-0.3, -0.25) is 33.6 Å². The van der Waals surface area contributed by atoms with E-state index in [0.29, 0.717) is 11.1 Å². The number of anilines is 2. The van der Waals surface area contributed by atoms with Gasteiger partial charge in [0.15, 0.2) is 5.60 Å². The minimum atomic E-state index is -1.70. The molecule has 0 fully saturated rings. The Hall–Kier alpha value is -7.96. The number of methoxy groups -OCH3 is 1. The summed E-state index contributed by atoms with van der Waals surface area (Å²) in [6.07, 6.45) is 0. The van der Waals surface area contributed by atoms with Crippen LogP contribution in [0.25, 0.3) is 0 Å². The molecule has 316 valence electrons. The van der Waals surface area contributed by atoms with Crippen molar-refractivity contribution in [3.05, 3.63) is 101 Å². The lowest BCUT2D eigenvalue weighted by Crippen LogP contribution is -2.37. The van der Waals surface area contributed by atoms with Gasteiger partial charge >= 0.3 is 41.8 Å². The third-order valence-corrected chi connectivity index (χ3v) is 8.92. The van der Waals surface area contributed by atoms with Crippen molar-refractivity contribution in [3.8, 4) is 28.7 Å². The van der Waals surface area contributed by atoms with E-state index in [1.807, 2.05) is 0 Å². The Balaban J connectivity index is 1.35. The maximum atomic E-state index is 14.1. The average Bonchev–Trinajstić information content (AvgIpc) is 3.47. The van der Waals surface area contributed by atoms with Crippen LogP contribution in [0.4, 0.5) is 11.4 Å². The van der Waals surface area contributed by atoms with Crippen LogP contribution in [0.1, 0.15) is 65.1 Å². The van der Waals surface area contributed by atoms with Gasteiger partial charge in [0, 0.05) is 67.8 Å². The summed E-state index contributed by atoms with van der Waals surface area (Å²) in [5, 5.41) is 2.77. The number of benzene rings is 4. The van der Waals surface area contributed by atoms with Crippen LogP contribution in [0.15, 0.2) is 72.8 Å². The summed E-state index contributed by atoms with van der Waals surface area (Å²) >= 11 is 0. The normalized spacial score (nSPS) is 12.5. The molecular weight excluding hydrogens is 804 g/mol. The van der Waals surface area contributed by atoms with Gasteiger partial charge < -0.3 is 52.8 Å². The maximum absolute atomic E-state index is 14.1. The van der Waals surface area contributed by atoms with Crippen LogP contribution in [0.3, 0.4) is 0 Å². The quantitative estimate of drug-likeness (QED) is 0.0806. The number of carbonyl (C=O) groups excluding carboxylic acids is 8. The van der Waals surface area contributed by atoms with Crippen LogP contribution in [-0.2, 0) is 58.1 Å². The predicted octanol–water partition coefficient (Wildman–Crippen LogP) is 4.30. The molecule has 1 amide bonds. The summed E-state index contributed by atoms with van der Waals surface area (Å²) in [5.41, 5.74) is -0.305. The molecular formula is C42H36N2O17. The summed E-state index contributed by atoms with van der Waals surface area (Å²) in [4.78, 5) is 100. The van der Waals surface area contributed by atoms with Gasteiger partial charge in [0.2, 0.25) is 13.6 Å². The zero-order chi connectivity index (χ0) is 44.0. The molecule has 61 heavy (non-hydrogen) atoms. The predicted molar refractivity (Wildman–Crippen MR) is 206 cm³/mol. The molecule has 6 rings (SSSR count). The van der Waals surface area contributed by atoms with E-state index in [1.54, 1.807) is 12.1 Å². The highest BCUT2D eigenvalue weighted by Crippen LogP contribution is 2.57. The van der Waals surface area contributed by atoms with Crippen molar-refractivity contribution in [2.75, 3.05) is 44.0 Å². The number of fused-ring (bicyclic) bond motifs is 6. The van der Waals surface area contributed by atoms with E-state index >= 15 is 0 Å². The molecule has 4 aromatic rings. The molecule has 19 heteroatoms. The Morgan fingerprint density at radius 2 is 1.20 bits per heavy atom. The number of amides is 1. The van der Waals surface area contributed by atoms with Crippen LogP contribution in [0.2, 0.25) is 0 Å². The molecule has 0 aromatic heterocycles. The van der Waals surface area contributed by atoms with Crippen molar-refractivity contribution in [2.24, 2.45) is 0 Å². The second-order valence-electron chi connectivity index (χ2n) is 13.2. The molecule has 0 radical (unpaired) electrons. The Kier molecular flexibility index (Phi) is 12.5. The zero-order valence-corrected chi connectivity index (χ0v) is 33.1. The van der Waals surface area contributed by atoms with Crippen molar-refractivity contribution >= 4 is 59.1 Å². The van der Waals surface area contributed by atoms with Crippen molar-refractivity contribution in [1.29, 1.82) is 0 Å². The van der Waals surface area contributed by atoms with Crippen molar-refractivity contribution < 1.29 is 81.0 Å². The fourth-order valence-electron chi connectivity index (χ4n) is 6.49. The lowest BCUT2D eigenvalue weighted by Gasteiger charge is -2.36. The standard InChI is InChI=1S/C42H36N2O17/c1-22(45)54-20-56-38(49)18-44(19-39(50)57-21-55-23(2)46)34-15-27(7-13-35(34)53-5)43-40(51)26-6-10-30-33(14-26)42(61-41(30)52)31-11-8-28(58-24(3)47)16-36(31)60-37-17-29(59-25(4)48)9-12-32(37)42/h6-17H,18-21H2,1-5H3,(H,43,51). The number of rotatable bonds is 14. The summed E-state index contributed by atoms with van der Waals surface area (Å²) in [6, 6.07) is 17.7. The molecule has 0 aliphatic carbocycles. The summed E-state index contributed by atoms with van der Waals surface area (Å²) in [5.74, 6) is -5.10. The number of esters is 7. The molecule has 2 aliphatic rings. The third-order valence-electron chi connectivity index (χ3n) is 8.92. The van der Waals surface area contributed by atoms with Crippen LogP contribution in [-0.4, -0.2) is 81.5 Å². The minimum Gasteiger partial charge on any atom is -0.495 e. The first kappa shape index (κ1) is 42.6. The molecule has 0 saturated carbocycles. The van der Waals surface area contributed by atoms with E-state index in [9.17, 15) is 38.4 Å². The highest BCUT2D eigenvalue weighted by Gasteiger charge is 2.54. The van der Waals surface area contributed by atoms with Crippen LogP contribution < -0.4 is 29.2 Å². The summed E-state index contributed by atoms with van der Waals surface area (Å²) in [7, 11) is 1.33. The van der Waals surface area contributed by atoms with Crippen molar-refractivity contribution in [3.63, 3.8) is 0 Å². The highest BCUT2D eigenvalue weighted by molar-refractivity contribution is 6.06. The number of hydrogen-bond donors (Lipinski definition) is 1. The van der Waals surface area contributed by atoms with E-state index in [-0.39, 0.29) is 56.8 Å². The molecule has 19 nitrogen and oxygen atoms in total. The highest BCUT2D eigenvalue weighted by atomic mass is 16.7. The zero-order valence-electron chi connectivity index (χ0n) is 33.1. The number of ether oxygens (including phenoxy) is 9. The van der Waals surface area contributed by atoms with Gasteiger partial charge in [-0.05, 0) is 60.7 Å². The first-order chi connectivity index (χ1) is 29.1. The SMILES string of the molecule is COc1ccc(NC(=O)c2ccc3c(c2)C2(OC3=O)c3ccc(OC(C)=O)cc3Oc3cc(OC(C)=O)ccc32)cc1N(CC(=O)OCOC(C)=O)CC(=O)OCOC(C)=O. The Labute approximate surface area is 346 Å². The Bertz CT molecular complexity index is 2380. The first-order valence-electron chi connectivity index (χ1n) is 18.1. The van der Waals surface area contributed by atoms with E-state index in [0.717, 1.165) is 13.8 Å². The Morgan fingerprint density at radius 1 is 0.639 bits per heavy atom. The molecule has 4 aromatic carbocycles. The minimum absolute atomic E-state index is 0.0661.